The van der Waals surface area contributed by atoms with Crippen LogP contribution in [-0.4, -0.2) is 29.8 Å². The van der Waals surface area contributed by atoms with Crippen molar-refractivity contribution < 1.29 is 19.5 Å². The number of ether oxygens (including phenoxy) is 2. The van der Waals surface area contributed by atoms with E-state index in [9.17, 15) is 4.79 Å². The zero-order valence-corrected chi connectivity index (χ0v) is 19.6. The highest BCUT2D eigenvalue weighted by atomic mass is 16.5. The van der Waals surface area contributed by atoms with E-state index in [1.165, 1.54) is 17.0 Å². The lowest BCUT2D eigenvalue weighted by molar-refractivity contribution is -0.124. The van der Waals surface area contributed by atoms with E-state index in [0.29, 0.717) is 6.61 Å². The predicted molar refractivity (Wildman–Crippen MR) is 136 cm³/mol. The second kappa shape index (κ2) is 11.9. The minimum absolute atomic E-state index is 0.500. The molecule has 0 saturated heterocycles. The van der Waals surface area contributed by atoms with Gasteiger partial charge in [0.15, 0.2) is 0 Å². The first-order chi connectivity index (χ1) is 17.1. The fourth-order valence-electron chi connectivity index (χ4n) is 3.75. The van der Waals surface area contributed by atoms with E-state index in [-0.39, 0.29) is 0 Å². The van der Waals surface area contributed by atoms with Crippen molar-refractivity contribution in [2.75, 3.05) is 13.7 Å². The van der Waals surface area contributed by atoms with Gasteiger partial charge in [-0.15, -0.1) is 0 Å². The second-order valence-electron chi connectivity index (χ2n) is 8.14. The summed E-state index contributed by atoms with van der Waals surface area (Å²) >= 11 is 0. The first kappa shape index (κ1) is 24.1. The normalized spacial score (nSPS) is 11.1. The van der Waals surface area contributed by atoms with E-state index in [4.69, 9.17) is 14.7 Å². The summed E-state index contributed by atoms with van der Waals surface area (Å²) in [7, 11) is 1.66. The summed E-state index contributed by atoms with van der Waals surface area (Å²) in [4.78, 5) is 14.4. The number of benzene rings is 3. The molecule has 3 aromatic carbocycles. The molecule has 180 valence electrons. The zero-order valence-electron chi connectivity index (χ0n) is 19.6. The van der Waals surface area contributed by atoms with Gasteiger partial charge in [0.1, 0.15) is 18.1 Å². The number of carbonyl (C=O) groups excluding carboxylic acids is 1. The maximum Gasteiger partial charge on any atom is 0.267 e. The van der Waals surface area contributed by atoms with Gasteiger partial charge in [-0.3, -0.25) is 10.0 Å². The van der Waals surface area contributed by atoms with Gasteiger partial charge in [0.2, 0.25) is 0 Å². The fourth-order valence-corrected chi connectivity index (χ4v) is 3.75. The summed E-state index contributed by atoms with van der Waals surface area (Å²) in [5.41, 5.74) is 7.04. The monoisotopic (exact) mass is 471 g/mol. The van der Waals surface area contributed by atoms with Crippen molar-refractivity contribution in [2.45, 2.75) is 19.6 Å². The first-order valence-electron chi connectivity index (χ1n) is 11.4. The van der Waals surface area contributed by atoms with Crippen LogP contribution >= 0.6 is 0 Å². The van der Waals surface area contributed by atoms with Crippen LogP contribution in [0.2, 0.25) is 0 Å². The Labute approximate surface area is 204 Å². The Hall–Kier alpha value is -4.07. The Kier molecular flexibility index (Phi) is 8.17. The number of H-pyrrole nitrogens is 1. The molecule has 0 atom stereocenters. The molecule has 35 heavy (non-hydrogen) atoms. The van der Waals surface area contributed by atoms with Crippen LogP contribution in [0.25, 0.3) is 17.0 Å². The van der Waals surface area contributed by atoms with E-state index in [1.54, 1.807) is 18.7 Å². The third-order valence-electron chi connectivity index (χ3n) is 5.72. The van der Waals surface area contributed by atoms with Gasteiger partial charge >= 0.3 is 0 Å². The number of nitrogens with one attached hydrogen (secondary N) is 3. The quantitative estimate of drug-likeness (QED) is 0.111. The standard InChI is InChI=1S/C28H29N3O4/c1-34-24-9-6-22(7-10-24)19-35-25-11-12-27-26(16-25)23(18-30-27)14-15-29-17-21-4-2-20(3-5-21)8-13-28(32)31-33/h2-13,16,18,29-30,33H,14-15,17,19H2,1H3,(H,31,32). The maximum absolute atomic E-state index is 11.1. The molecule has 0 aliphatic rings. The number of fused-ring (bicyclic) bond motifs is 1. The highest BCUT2D eigenvalue weighted by Crippen LogP contribution is 2.25. The lowest BCUT2D eigenvalue weighted by Crippen LogP contribution is -2.16. The summed E-state index contributed by atoms with van der Waals surface area (Å²) in [5.74, 6) is 1.12. The molecule has 0 unspecified atom stereocenters. The third kappa shape index (κ3) is 6.72. The molecule has 7 nitrogen and oxygen atoms in total. The van der Waals surface area contributed by atoms with Gasteiger partial charge in [-0.2, -0.15) is 0 Å². The van der Waals surface area contributed by atoms with Gasteiger partial charge in [0.25, 0.3) is 5.91 Å². The van der Waals surface area contributed by atoms with Crippen molar-refractivity contribution in [3.05, 3.63) is 101 Å². The SMILES string of the molecule is COc1ccc(COc2ccc3[nH]cc(CCNCc4ccc(C=CC(=O)NO)cc4)c3c2)cc1. The van der Waals surface area contributed by atoms with Crippen LogP contribution in [-0.2, 0) is 24.4 Å². The average molecular weight is 472 g/mol. The van der Waals surface area contributed by atoms with Crippen LogP contribution in [0.4, 0.5) is 0 Å². The molecular weight excluding hydrogens is 442 g/mol. The van der Waals surface area contributed by atoms with Crippen LogP contribution in [0.1, 0.15) is 22.3 Å². The summed E-state index contributed by atoms with van der Waals surface area (Å²) in [5, 5.41) is 13.2. The molecule has 0 bridgehead atoms. The van der Waals surface area contributed by atoms with E-state index in [0.717, 1.165) is 53.2 Å². The highest BCUT2D eigenvalue weighted by molar-refractivity contribution is 5.90. The van der Waals surface area contributed by atoms with Crippen molar-refractivity contribution in [1.82, 2.24) is 15.8 Å². The van der Waals surface area contributed by atoms with E-state index < -0.39 is 5.91 Å². The Bertz CT molecular complexity index is 1280. The van der Waals surface area contributed by atoms with Gasteiger partial charge in [-0.1, -0.05) is 36.4 Å². The van der Waals surface area contributed by atoms with Crippen molar-refractivity contribution >= 4 is 22.9 Å². The average Bonchev–Trinajstić information content (AvgIpc) is 3.31. The number of aromatic nitrogens is 1. The largest absolute Gasteiger partial charge is 0.497 e. The Morgan fingerprint density at radius 2 is 1.74 bits per heavy atom. The number of amides is 1. The molecule has 4 rings (SSSR count). The lowest BCUT2D eigenvalue weighted by atomic mass is 10.1. The zero-order chi connectivity index (χ0) is 24.5. The summed E-state index contributed by atoms with van der Waals surface area (Å²) in [6.45, 7) is 2.09. The summed E-state index contributed by atoms with van der Waals surface area (Å²) < 4.78 is 11.2. The van der Waals surface area contributed by atoms with Gasteiger partial charge in [-0.25, -0.2) is 5.48 Å². The topological polar surface area (TPSA) is 95.6 Å². The van der Waals surface area contributed by atoms with Gasteiger partial charge in [0, 0.05) is 29.7 Å². The maximum atomic E-state index is 11.1. The molecule has 4 N–H and O–H groups in total. The molecule has 0 radical (unpaired) electrons. The molecule has 1 aromatic heterocycles. The van der Waals surface area contributed by atoms with E-state index in [1.807, 2.05) is 54.6 Å². The van der Waals surface area contributed by atoms with Crippen molar-refractivity contribution in [1.29, 1.82) is 0 Å². The third-order valence-corrected chi connectivity index (χ3v) is 5.72. The smallest absolute Gasteiger partial charge is 0.267 e. The van der Waals surface area contributed by atoms with Crippen LogP contribution in [0.5, 0.6) is 11.5 Å². The van der Waals surface area contributed by atoms with Crippen molar-refractivity contribution in [3.8, 4) is 11.5 Å². The first-order valence-corrected chi connectivity index (χ1v) is 11.4. The van der Waals surface area contributed by atoms with Crippen molar-refractivity contribution in [2.24, 2.45) is 0 Å². The molecular formula is C28H29N3O4. The molecule has 0 aliphatic carbocycles. The molecule has 0 saturated carbocycles. The van der Waals surface area contributed by atoms with E-state index in [2.05, 4.69) is 28.6 Å². The number of rotatable bonds is 11. The molecule has 1 heterocycles. The van der Waals surface area contributed by atoms with Crippen LogP contribution in [0.15, 0.2) is 79.0 Å². The Morgan fingerprint density at radius 1 is 1.00 bits per heavy atom. The molecule has 4 aromatic rings. The molecule has 1 amide bonds. The van der Waals surface area contributed by atoms with Crippen LogP contribution in [0, 0.1) is 0 Å². The van der Waals surface area contributed by atoms with Crippen molar-refractivity contribution in [3.63, 3.8) is 0 Å². The fraction of sp³-hybridized carbons (Fsp3) is 0.179. The summed E-state index contributed by atoms with van der Waals surface area (Å²) in [6, 6.07) is 21.9. The number of hydroxylamine groups is 1. The summed E-state index contributed by atoms with van der Waals surface area (Å²) in [6.07, 6.45) is 5.88. The number of methoxy groups -OCH3 is 1. The Balaban J connectivity index is 1.28. The number of carbonyl (C=O) groups is 1. The van der Waals surface area contributed by atoms with Gasteiger partial charge in [0.05, 0.1) is 7.11 Å². The predicted octanol–water partition coefficient (Wildman–Crippen LogP) is 4.61. The molecule has 0 fully saturated rings. The van der Waals surface area contributed by atoms with E-state index >= 15 is 0 Å². The number of hydrogen-bond donors (Lipinski definition) is 4. The van der Waals surface area contributed by atoms with Crippen LogP contribution < -0.4 is 20.3 Å². The Morgan fingerprint density at radius 3 is 2.49 bits per heavy atom. The minimum Gasteiger partial charge on any atom is -0.497 e. The molecule has 0 spiro atoms. The van der Waals surface area contributed by atoms with Crippen LogP contribution in [0.3, 0.4) is 0 Å². The lowest BCUT2D eigenvalue weighted by Gasteiger charge is -2.08. The number of hydrogen-bond acceptors (Lipinski definition) is 5. The van der Waals surface area contributed by atoms with Gasteiger partial charge in [-0.05, 0) is 71.6 Å². The highest BCUT2D eigenvalue weighted by Gasteiger charge is 2.06. The molecule has 7 heteroatoms. The molecule has 0 aliphatic heterocycles. The number of aromatic amines is 1. The second-order valence-corrected chi connectivity index (χ2v) is 8.14. The van der Waals surface area contributed by atoms with Gasteiger partial charge < -0.3 is 19.8 Å². The minimum atomic E-state index is -0.552.